The van der Waals surface area contributed by atoms with Gasteiger partial charge in [-0.15, -0.1) is 0 Å². The summed E-state index contributed by atoms with van der Waals surface area (Å²) in [6.45, 7) is 4.02. The molecule has 3 heterocycles. The molecule has 3 aromatic rings. The average Bonchev–Trinajstić information content (AvgIpc) is 3.42. The largest absolute Gasteiger partial charge is 0.493 e. The van der Waals surface area contributed by atoms with Gasteiger partial charge >= 0.3 is 0 Å². The first-order valence-electron chi connectivity index (χ1n) is 9.71. The Labute approximate surface area is 174 Å². The standard InChI is InChI=1S/C22H22ClN3O3/c1-27-21-11-16-17(23)12-19(20-6-5-15(14-24)29-20)25-18(16)13-22(21)28-10-4-9-26-7-2-3-8-26/h5-6,11-13H,2-4,7-10H2,1H3. The summed E-state index contributed by atoms with van der Waals surface area (Å²) in [5.74, 6) is 1.99. The molecule has 0 unspecified atom stereocenters. The number of nitrogens with zero attached hydrogens (tertiary/aromatic N) is 3. The topological polar surface area (TPSA) is 71.5 Å². The van der Waals surface area contributed by atoms with Crippen LogP contribution in [0.3, 0.4) is 0 Å². The van der Waals surface area contributed by atoms with Crippen LogP contribution >= 0.6 is 11.6 Å². The number of ether oxygens (including phenoxy) is 2. The minimum atomic E-state index is 0.231. The lowest BCUT2D eigenvalue weighted by atomic mass is 10.1. The van der Waals surface area contributed by atoms with Crippen LogP contribution in [-0.4, -0.2) is 43.2 Å². The average molecular weight is 412 g/mol. The van der Waals surface area contributed by atoms with E-state index in [0.29, 0.717) is 40.1 Å². The fourth-order valence-corrected chi connectivity index (χ4v) is 3.86. The van der Waals surface area contributed by atoms with E-state index < -0.39 is 0 Å². The number of furan rings is 1. The normalized spacial score (nSPS) is 14.2. The highest BCUT2D eigenvalue weighted by atomic mass is 35.5. The van der Waals surface area contributed by atoms with Crippen LogP contribution in [0.5, 0.6) is 11.5 Å². The van der Waals surface area contributed by atoms with Crippen molar-refractivity contribution in [2.24, 2.45) is 0 Å². The van der Waals surface area contributed by atoms with Crippen LogP contribution in [-0.2, 0) is 0 Å². The summed E-state index contributed by atoms with van der Waals surface area (Å²) in [4.78, 5) is 7.12. The molecule has 1 aliphatic rings. The maximum absolute atomic E-state index is 8.97. The van der Waals surface area contributed by atoms with E-state index in [-0.39, 0.29) is 5.76 Å². The first-order valence-corrected chi connectivity index (χ1v) is 10.1. The number of benzene rings is 1. The number of rotatable bonds is 7. The summed E-state index contributed by atoms with van der Waals surface area (Å²) >= 11 is 6.48. The Balaban J connectivity index is 1.57. The van der Waals surface area contributed by atoms with Gasteiger partial charge in [-0.1, -0.05) is 11.6 Å². The van der Waals surface area contributed by atoms with Gasteiger partial charge in [0.1, 0.15) is 11.8 Å². The van der Waals surface area contributed by atoms with Crippen molar-refractivity contribution in [1.82, 2.24) is 9.88 Å². The quantitative estimate of drug-likeness (QED) is 0.515. The van der Waals surface area contributed by atoms with Crippen molar-refractivity contribution in [1.29, 1.82) is 5.26 Å². The zero-order chi connectivity index (χ0) is 20.2. The molecule has 1 saturated heterocycles. The van der Waals surface area contributed by atoms with Crippen molar-refractivity contribution in [2.45, 2.75) is 19.3 Å². The Bertz CT molecular complexity index is 1050. The third-order valence-corrected chi connectivity index (χ3v) is 5.40. The molecule has 0 saturated carbocycles. The molecule has 0 aliphatic carbocycles. The van der Waals surface area contributed by atoms with E-state index in [1.54, 1.807) is 25.3 Å². The number of fused-ring (bicyclic) bond motifs is 1. The summed E-state index contributed by atoms with van der Waals surface area (Å²) < 4.78 is 17.0. The molecule has 150 valence electrons. The summed E-state index contributed by atoms with van der Waals surface area (Å²) in [6, 6.07) is 10.7. The summed E-state index contributed by atoms with van der Waals surface area (Å²) in [5, 5.41) is 10.3. The summed E-state index contributed by atoms with van der Waals surface area (Å²) in [5.41, 5.74) is 1.24. The van der Waals surface area contributed by atoms with E-state index in [4.69, 9.17) is 30.8 Å². The smallest absolute Gasteiger partial charge is 0.204 e. The van der Waals surface area contributed by atoms with Crippen molar-refractivity contribution in [3.63, 3.8) is 0 Å². The zero-order valence-corrected chi connectivity index (χ0v) is 17.0. The first-order chi connectivity index (χ1) is 14.2. The summed E-state index contributed by atoms with van der Waals surface area (Å²) in [7, 11) is 1.61. The number of hydrogen-bond acceptors (Lipinski definition) is 6. The molecule has 29 heavy (non-hydrogen) atoms. The van der Waals surface area contributed by atoms with Crippen LogP contribution in [0.2, 0.25) is 5.02 Å². The van der Waals surface area contributed by atoms with Gasteiger partial charge < -0.3 is 18.8 Å². The number of pyridine rings is 1. The van der Waals surface area contributed by atoms with Gasteiger partial charge in [0.15, 0.2) is 17.3 Å². The molecule has 0 amide bonds. The lowest BCUT2D eigenvalue weighted by Crippen LogP contribution is -2.21. The van der Waals surface area contributed by atoms with Crippen molar-refractivity contribution in [3.05, 3.63) is 41.1 Å². The maximum atomic E-state index is 8.97. The predicted molar refractivity (Wildman–Crippen MR) is 112 cm³/mol. The maximum Gasteiger partial charge on any atom is 0.204 e. The highest BCUT2D eigenvalue weighted by Gasteiger charge is 2.15. The van der Waals surface area contributed by atoms with E-state index in [2.05, 4.69) is 9.88 Å². The Morgan fingerprint density at radius 1 is 1.21 bits per heavy atom. The molecule has 1 aromatic carbocycles. The van der Waals surface area contributed by atoms with Gasteiger partial charge in [-0.25, -0.2) is 4.98 Å². The van der Waals surface area contributed by atoms with E-state index in [1.165, 1.54) is 25.9 Å². The number of hydrogen-bond donors (Lipinski definition) is 0. The van der Waals surface area contributed by atoms with Crippen LogP contribution in [0.15, 0.2) is 34.7 Å². The Hall–Kier alpha value is -2.75. The van der Waals surface area contributed by atoms with Gasteiger partial charge in [0.05, 0.1) is 24.3 Å². The molecule has 7 heteroatoms. The lowest BCUT2D eigenvalue weighted by Gasteiger charge is -2.16. The first kappa shape index (κ1) is 19.6. The van der Waals surface area contributed by atoms with Gasteiger partial charge in [0.2, 0.25) is 5.76 Å². The van der Waals surface area contributed by atoms with Crippen molar-refractivity contribution in [3.8, 4) is 29.0 Å². The molecule has 0 atom stereocenters. The second kappa shape index (κ2) is 8.73. The molecule has 0 radical (unpaired) electrons. The van der Waals surface area contributed by atoms with E-state index in [0.717, 1.165) is 18.4 Å². The number of methoxy groups -OCH3 is 1. The van der Waals surface area contributed by atoms with Gasteiger partial charge in [-0.05, 0) is 56.6 Å². The number of aromatic nitrogens is 1. The van der Waals surface area contributed by atoms with Crippen LogP contribution < -0.4 is 9.47 Å². The van der Waals surface area contributed by atoms with Gasteiger partial charge in [-0.2, -0.15) is 5.26 Å². The van der Waals surface area contributed by atoms with Crippen LogP contribution in [0.1, 0.15) is 25.0 Å². The molecule has 4 rings (SSSR count). The fourth-order valence-electron chi connectivity index (χ4n) is 3.60. The second-order valence-corrected chi connectivity index (χ2v) is 7.44. The molecule has 1 fully saturated rings. The molecular weight excluding hydrogens is 390 g/mol. The van der Waals surface area contributed by atoms with Crippen molar-refractivity contribution < 1.29 is 13.9 Å². The van der Waals surface area contributed by atoms with Crippen molar-refractivity contribution >= 4 is 22.5 Å². The van der Waals surface area contributed by atoms with E-state index >= 15 is 0 Å². The fraction of sp³-hybridized carbons (Fsp3) is 0.364. The highest BCUT2D eigenvalue weighted by molar-refractivity contribution is 6.35. The minimum absolute atomic E-state index is 0.231. The molecule has 2 aromatic heterocycles. The molecule has 0 bridgehead atoms. The van der Waals surface area contributed by atoms with Gasteiger partial charge in [0.25, 0.3) is 0 Å². The van der Waals surface area contributed by atoms with Crippen LogP contribution in [0.4, 0.5) is 0 Å². The Morgan fingerprint density at radius 3 is 2.76 bits per heavy atom. The molecule has 0 spiro atoms. The third kappa shape index (κ3) is 4.31. The number of halogens is 1. The molecule has 1 aliphatic heterocycles. The van der Waals surface area contributed by atoms with Gasteiger partial charge in [0, 0.05) is 18.0 Å². The van der Waals surface area contributed by atoms with Gasteiger partial charge in [-0.3, -0.25) is 0 Å². The Morgan fingerprint density at radius 2 is 2.03 bits per heavy atom. The summed E-state index contributed by atoms with van der Waals surface area (Å²) in [6.07, 6.45) is 3.54. The minimum Gasteiger partial charge on any atom is -0.493 e. The second-order valence-electron chi connectivity index (χ2n) is 7.04. The zero-order valence-electron chi connectivity index (χ0n) is 16.3. The number of nitriles is 1. The molecular formula is C22H22ClN3O3. The lowest BCUT2D eigenvalue weighted by molar-refractivity contribution is 0.254. The number of likely N-dealkylation sites (tertiary alicyclic amines) is 1. The van der Waals surface area contributed by atoms with Crippen LogP contribution in [0, 0.1) is 11.3 Å². The van der Waals surface area contributed by atoms with Crippen molar-refractivity contribution in [2.75, 3.05) is 33.4 Å². The monoisotopic (exact) mass is 411 g/mol. The predicted octanol–water partition coefficient (Wildman–Crippen LogP) is 4.89. The Kier molecular flexibility index (Phi) is 5.89. The van der Waals surface area contributed by atoms with Crippen LogP contribution in [0.25, 0.3) is 22.4 Å². The third-order valence-electron chi connectivity index (χ3n) is 5.09. The van der Waals surface area contributed by atoms with E-state index in [1.807, 2.05) is 18.2 Å². The van der Waals surface area contributed by atoms with E-state index in [9.17, 15) is 0 Å². The SMILES string of the molecule is COc1cc2c(Cl)cc(-c3ccc(C#N)o3)nc2cc1OCCCN1CCCC1. The molecule has 6 nitrogen and oxygen atoms in total. The highest BCUT2D eigenvalue weighted by Crippen LogP contribution is 2.36. The molecule has 0 N–H and O–H groups in total.